The van der Waals surface area contributed by atoms with Crippen LogP contribution >= 0.6 is 0 Å². The average Bonchev–Trinajstić information content (AvgIpc) is 2.53. The number of anilines is 1. The van der Waals surface area contributed by atoms with E-state index in [2.05, 4.69) is 9.97 Å². The summed E-state index contributed by atoms with van der Waals surface area (Å²) in [6.07, 6.45) is 3.41. The molecule has 1 atom stereocenters. The van der Waals surface area contributed by atoms with Gasteiger partial charge in [0.15, 0.2) is 5.82 Å². The molecule has 1 aliphatic heterocycles. The predicted octanol–water partition coefficient (Wildman–Crippen LogP) is -0.659. The lowest BCUT2D eigenvalue weighted by Gasteiger charge is -2.14. The van der Waals surface area contributed by atoms with Crippen molar-refractivity contribution in [2.45, 2.75) is 12.5 Å². The van der Waals surface area contributed by atoms with Gasteiger partial charge in [-0.2, -0.15) is 0 Å². The Morgan fingerprint density at radius 2 is 2.54 bits per heavy atom. The minimum atomic E-state index is -0.332. The SMILES string of the molecule is O=c1[nH]ccnc1N1CC[C@H](O)C1. The van der Waals surface area contributed by atoms with Crippen molar-refractivity contribution in [1.29, 1.82) is 0 Å². The molecule has 0 unspecified atom stereocenters. The summed E-state index contributed by atoms with van der Waals surface area (Å²) in [5.41, 5.74) is -0.198. The zero-order chi connectivity index (χ0) is 9.26. The van der Waals surface area contributed by atoms with Crippen LogP contribution in [0, 0.1) is 0 Å². The lowest BCUT2D eigenvalue weighted by Crippen LogP contribution is -2.28. The topological polar surface area (TPSA) is 69.2 Å². The summed E-state index contributed by atoms with van der Waals surface area (Å²) >= 11 is 0. The molecule has 0 aromatic carbocycles. The van der Waals surface area contributed by atoms with E-state index in [0.29, 0.717) is 25.3 Å². The number of nitrogens with one attached hydrogen (secondary N) is 1. The molecule has 0 spiro atoms. The Balaban J connectivity index is 2.26. The minimum absolute atomic E-state index is 0.198. The van der Waals surface area contributed by atoms with E-state index in [1.807, 2.05) is 0 Å². The molecule has 0 saturated carbocycles. The molecule has 2 heterocycles. The Hall–Kier alpha value is -1.36. The van der Waals surface area contributed by atoms with Gasteiger partial charge in [-0.05, 0) is 6.42 Å². The van der Waals surface area contributed by atoms with Crippen molar-refractivity contribution >= 4 is 5.82 Å². The molecular formula is C8H11N3O2. The number of hydrogen-bond acceptors (Lipinski definition) is 4. The minimum Gasteiger partial charge on any atom is -0.391 e. The molecule has 0 radical (unpaired) electrons. The third-order valence-electron chi connectivity index (χ3n) is 2.15. The van der Waals surface area contributed by atoms with Crippen molar-refractivity contribution in [3.05, 3.63) is 22.7 Å². The van der Waals surface area contributed by atoms with E-state index in [9.17, 15) is 9.90 Å². The zero-order valence-corrected chi connectivity index (χ0v) is 7.10. The molecule has 1 saturated heterocycles. The van der Waals surface area contributed by atoms with Crippen LogP contribution in [0.4, 0.5) is 5.82 Å². The smallest absolute Gasteiger partial charge is 0.290 e. The van der Waals surface area contributed by atoms with E-state index in [-0.39, 0.29) is 11.7 Å². The number of nitrogens with zero attached hydrogens (tertiary/aromatic N) is 2. The molecule has 70 valence electrons. The number of aromatic amines is 1. The summed E-state index contributed by atoms with van der Waals surface area (Å²) in [5.74, 6) is 0.402. The van der Waals surface area contributed by atoms with Gasteiger partial charge in [0.05, 0.1) is 6.10 Å². The van der Waals surface area contributed by atoms with Crippen molar-refractivity contribution in [2.75, 3.05) is 18.0 Å². The van der Waals surface area contributed by atoms with Gasteiger partial charge in [0.2, 0.25) is 0 Å². The highest BCUT2D eigenvalue weighted by Gasteiger charge is 2.22. The molecule has 0 amide bonds. The highest BCUT2D eigenvalue weighted by atomic mass is 16.3. The van der Waals surface area contributed by atoms with E-state index in [1.54, 1.807) is 11.1 Å². The van der Waals surface area contributed by atoms with Gasteiger partial charge in [0.1, 0.15) is 0 Å². The molecule has 1 aromatic rings. The first-order chi connectivity index (χ1) is 6.27. The van der Waals surface area contributed by atoms with Gasteiger partial charge in [-0.25, -0.2) is 4.98 Å². The van der Waals surface area contributed by atoms with Gasteiger partial charge < -0.3 is 15.0 Å². The first-order valence-electron chi connectivity index (χ1n) is 4.24. The highest BCUT2D eigenvalue weighted by Crippen LogP contribution is 2.13. The fraction of sp³-hybridized carbons (Fsp3) is 0.500. The molecule has 2 rings (SSSR count). The summed E-state index contributed by atoms with van der Waals surface area (Å²) in [7, 11) is 0. The summed E-state index contributed by atoms with van der Waals surface area (Å²) in [6.45, 7) is 1.20. The standard InChI is InChI=1S/C8H11N3O2/c12-6-1-4-11(5-6)7-8(13)10-3-2-9-7/h2-3,6,12H,1,4-5H2,(H,10,13)/t6-/m0/s1. The predicted molar refractivity (Wildman–Crippen MR) is 47.7 cm³/mol. The van der Waals surface area contributed by atoms with Crippen LogP contribution in [0.25, 0.3) is 0 Å². The summed E-state index contributed by atoms with van der Waals surface area (Å²) in [4.78, 5) is 19.6. The highest BCUT2D eigenvalue weighted by molar-refractivity contribution is 5.36. The quantitative estimate of drug-likeness (QED) is 0.603. The van der Waals surface area contributed by atoms with Crippen LogP contribution in [0.15, 0.2) is 17.2 Å². The maximum atomic E-state index is 11.3. The number of hydrogen-bond donors (Lipinski definition) is 2. The van der Waals surface area contributed by atoms with Crippen LogP contribution in [0.2, 0.25) is 0 Å². The van der Waals surface area contributed by atoms with E-state index in [1.165, 1.54) is 6.20 Å². The molecule has 1 aliphatic rings. The van der Waals surface area contributed by atoms with Gasteiger partial charge in [-0.15, -0.1) is 0 Å². The van der Waals surface area contributed by atoms with Crippen molar-refractivity contribution in [3.8, 4) is 0 Å². The second-order valence-electron chi connectivity index (χ2n) is 3.13. The third kappa shape index (κ3) is 1.55. The third-order valence-corrected chi connectivity index (χ3v) is 2.15. The molecule has 1 aromatic heterocycles. The van der Waals surface area contributed by atoms with Crippen LogP contribution in [-0.2, 0) is 0 Å². The molecule has 0 bridgehead atoms. The number of rotatable bonds is 1. The number of aliphatic hydroxyl groups excluding tert-OH is 1. The van der Waals surface area contributed by atoms with Crippen molar-refractivity contribution in [2.24, 2.45) is 0 Å². The lowest BCUT2D eigenvalue weighted by atomic mass is 10.3. The van der Waals surface area contributed by atoms with E-state index >= 15 is 0 Å². The zero-order valence-electron chi connectivity index (χ0n) is 7.10. The molecule has 0 aliphatic carbocycles. The van der Waals surface area contributed by atoms with Gasteiger partial charge in [0, 0.05) is 25.5 Å². The molecule has 5 nitrogen and oxygen atoms in total. The first-order valence-corrected chi connectivity index (χ1v) is 4.24. The normalized spacial score (nSPS) is 22.2. The molecule has 13 heavy (non-hydrogen) atoms. The van der Waals surface area contributed by atoms with Crippen molar-refractivity contribution in [1.82, 2.24) is 9.97 Å². The van der Waals surface area contributed by atoms with Crippen LogP contribution in [0.1, 0.15) is 6.42 Å². The number of H-pyrrole nitrogens is 1. The van der Waals surface area contributed by atoms with Gasteiger partial charge in [-0.3, -0.25) is 4.79 Å². The summed E-state index contributed by atoms with van der Waals surface area (Å²) < 4.78 is 0. The number of aliphatic hydroxyl groups is 1. The fourth-order valence-electron chi connectivity index (χ4n) is 1.50. The summed E-state index contributed by atoms with van der Waals surface area (Å²) in [6, 6.07) is 0. The maximum Gasteiger partial charge on any atom is 0.290 e. The first kappa shape index (κ1) is 8.25. The Kier molecular flexibility index (Phi) is 2.02. The summed E-state index contributed by atoms with van der Waals surface area (Å²) in [5, 5.41) is 9.27. The van der Waals surface area contributed by atoms with Gasteiger partial charge in [-0.1, -0.05) is 0 Å². The Bertz CT molecular complexity index is 349. The fourth-order valence-corrected chi connectivity index (χ4v) is 1.50. The van der Waals surface area contributed by atoms with E-state index in [4.69, 9.17) is 0 Å². The number of aromatic nitrogens is 2. The molecule has 2 N–H and O–H groups in total. The average molecular weight is 181 g/mol. The largest absolute Gasteiger partial charge is 0.391 e. The molecule has 5 heteroatoms. The lowest BCUT2D eigenvalue weighted by molar-refractivity contribution is 0.198. The van der Waals surface area contributed by atoms with Crippen LogP contribution in [0.5, 0.6) is 0 Å². The van der Waals surface area contributed by atoms with Crippen LogP contribution < -0.4 is 10.5 Å². The Morgan fingerprint density at radius 3 is 3.15 bits per heavy atom. The van der Waals surface area contributed by atoms with Gasteiger partial charge >= 0.3 is 0 Å². The van der Waals surface area contributed by atoms with E-state index in [0.717, 1.165) is 0 Å². The van der Waals surface area contributed by atoms with Crippen LogP contribution in [0.3, 0.4) is 0 Å². The second kappa shape index (κ2) is 3.18. The second-order valence-corrected chi connectivity index (χ2v) is 3.13. The number of β-amino-alcohol motifs (C(OH)–C–C–N with tert-alkyl or cyclic N) is 1. The van der Waals surface area contributed by atoms with Crippen LogP contribution in [-0.4, -0.2) is 34.3 Å². The molecular weight excluding hydrogens is 170 g/mol. The van der Waals surface area contributed by atoms with Gasteiger partial charge in [0.25, 0.3) is 5.56 Å². The Labute approximate surface area is 75.0 Å². The molecule has 1 fully saturated rings. The van der Waals surface area contributed by atoms with Crippen molar-refractivity contribution < 1.29 is 5.11 Å². The maximum absolute atomic E-state index is 11.3. The van der Waals surface area contributed by atoms with Crippen molar-refractivity contribution in [3.63, 3.8) is 0 Å². The monoisotopic (exact) mass is 181 g/mol. The van der Waals surface area contributed by atoms with E-state index < -0.39 is 0 Å². The Morgan fingerprint density at radius 1 is 1.69 bits per heavy atom.